The zero-order chi connectivity index (χ0) is 8.15. The molecule has 0 aromatic rings. The van der Waals surface area contributed by atoms with Crippen molar-refractivity contribution in [2.24, 2.45) is 0 Å². The van der Waals surface area contributed by atoms with E-state index >= 15 is 0 Å². The van der Waals surface area contributed by atoms with Crippen LogP contribution < -0.4 is 5.32 Å². The van der Waals surface area contributed by atoms with Crippen LogP contribution >= 0.6 is 0 Å². The van der Waals surface area contributed by atoms with Crippen molar-refractivity contribution >= 4 is 5.91 Å². The van der Waals surface area contributed by atoms with Crippen LogP contribution in [0, 0.1) is 0 Å². The summed E-state index contributed by atoms with van der Waals surface area (Å²) in [5.74, 6) is -1.02. The molecule has 0 radical (unpaired) electrons. The van der Waals surface area contributed by atoms with Gasteiger partial charge in [0.25, 0.3) is 5.91 Å². The van der Waals surface area contributed by atoms with Crippen molar-refractivity contribution in [2.75, 3.05) is 14.2 Å². The Kier molecular flexibility index (Phi) is 3.87. The topological polar surface area (TPSA) is 38.3 Å². The van der Waals surface area contributed by atoms with E-state index in [0.29, 0.717) is 0 Å². The molecule has 2 atom stereocenters. The van der Waals surface area contributed by atoms with Gasteiger partial charge in [-0.15, -0.1) is 0 Å². The molecule has 0 aromatic heterocycles. The Morgan fingerprint density at radius 2 is 2.10 bits per heavy atom. The fraction of sp³-hybridized carbons (Fsp3) is 0.800. The molecule has 0 bridgehead atoms. The summed E-state index contributed by atoms with van der Waals surface area (Å²) in [6, 6.07) is 0. The lowest BCUT2D eigenvalue weighted by molar-refractivity contribution is -0.137. The Hall–Kier alpha value is -0.710. The average Bonchev–Trinajstić information content (AvgIpc) is 2.00. The first kappa shape index (κ1) is 9.29. The minimum absolute atomic E-state index is 0.986. The van der Waals surface area contributed by atoms with E-state index < -0.39 is 18.4 Å². The highest BCUT2D eigenvalue weighted by Gasteiger charge is 2.26. The Bertz CT molecular complexity index is 120. The molecule has 0 spiro atoms. The Labute approximate surface area is 57.4 Å². The number of nitrogens with one attached hydrogen (secondary N) is 1. The molecular weight excluding hydrogens is 144 g/mol. The summed E-state index contributed by atoms with van der Waals surface area (Å²) in [4.78, 5) is 10.3. The number of carbonyl (C=O) groups is 1. The van der Waals surface area contributed by atoms with Crippen LogP contribution in [0.3, 0.4) is 0 Å². The molecule has 0 heterocycles. The normalized spacial score (nSPS) is 16.0. The fourth-order valence-corrected chi connectivity index (χ4v) is 0.376. The van der Waals surface area contributed by atoms with Gasteiger partial charge in [-0.3, -0.25) is 4.79 Å². The summed E-state index contributed by atoms with van der Waals surface area (Å²) in [5.41, 5.74) is 0. The smallest absolute Gasteiger partial charge is 0.260 e. The van der Waals surface area contributed by atoms with E-state index in [0.717, 1.165) is 7.11 Å². The third kappa shape index (κ3) is 2.26. The Morgan fingerprint density at radius 3 is 2.40 bits per heavy atom. The summed E-state index contributed by atoms with van der Waals surface area (Å²) < 4.78 is 28.3. The van der Waals surface area contributed by atoms with Gasteiger partial charge in [-0.05, 0) is 0 Å². The van der Waals surface area contributed by atoms with E-state index in [-0.39, 0.29) is 0 Å². The van der Waals surface area contributed by atoms with Crippen LogP contribution in [0.2, 0.25) is 0 Å². The highest BCUT2D eigenvalue weighted by molar-refractivity contribution is 5.80. The van der Waals surface area contributed by atoms with Gasteiger partial charge in [0.2, 0.25) is 12.5 Å². The van der Waals surface area contributed by atoms with Crippen LogP contribution in [0.4, 0.5) is 8.78 Å². The van der Waals surface area contributed by atoms with Crippen LogP contribution in [0.25, 0.3) is 0 Å². The number of hydrogen-bond acceptors (Lipinski definition) is 2. The number of amides is 1. The quantitative estimate of drug-likeness (QED) is 0.620. The molecule has 5 heteroatoms. The maximum absolute atomic E-state index is 12.3. The molecule has 0 aliphatic carbocycles. The van der Waals surface area contributed by atoms with Gasteiger partial charge in [-0.25, -0.2) is 8.78 Å². The molecule has 1 amide bonds. The fourth-order valence-electron chi connectivity index (χ4n) is 0.376. The summed E-state index contributed by atoms with van der Waals surface area (Å²) in [5, 5.41) is 1.95. The number of ether oxygens (including phenoxy) is 1. The van der Waals surface area contributed by atoms with E-state index in [1.807, 2.05) is 5.32 Å². The van der Waals surface area contributed by atoms with E-state index in [1.54, 1.807) is 0 Å². The van der Waals surface area contributed by atoms with Crippen LogP contribution in [0.15, 0.2) is 0 Å². The zero-order valence-electron chi connectivity index (χ0n) is 5.73. The van der Waals surface area contributed by atoms with Crippen molar-refractivity contribution in [3.05, 3.63) is 0 Å². The maximum Gasteiger partial charge on any atom is 0.260 e. The standard InChI is InChI=1S/C5H9F2NO2/c1-8-5(9)3(6)4(7)10-2/h3-4H,1-2H3,(H,8,9). The molecular formula is C5H9F2NO2. The molecule has 0 saturated carbocycles. The second kappa shape index (κ2) is 4.16. The number of hydrogen-bond donors (Lipinski definition) is 1. The van der Waals surface area contributed by atoms with E-state index in [2.05, 4.69) is 4.74 Å². The van der Waals surface area contributed by atoms with Crippen LogP contribution in [0.5, 0.6) is 0 Å². The van der Waals surface area contributed by atoms with Gasteiger partial charge >= 0.3 is 0 Å². The molecule has 3 nitrogen and oxygen atoms in total. The second-order valence-corrected chi connectivity index (χ2v) is 1.60. The van der Waals surface area contributed by atoms with Gasteiger partial charge < -0.3 is 10.1 Å². The second-order valence-electron chi connectivity index (χ2n) is 1.60. The number of rotatable bonds is 3. The van der Waals surface area contributed by atoms with Crippen molar-refractivity contribution in [1.82, 2.24) is 5.32 Å². The van der Waals surface area contributed by atoms with Crippen molar-refractivity contribution in [3.8, 4) is 0 Å². The number of halogens is 2. The third-order valence-corrected chi connectivity index (χ3v) is 0.952. The summed E-state index contributed by atoms with van der Waals surface area (Å²) in [6.07, 6.45) is -4.42. The number of carbonyl (C=O) groups excluding carboxylic acids is 1. The predicted molar refractivity (Wildman–Crippen MR) is 30.9 cm³/mol. The van der Waals surface area contributed by atoms with Crippen molar-refractivity contribution in [2.45, 2.75) is 12.5 Å². The van der Waals surface area contributed by atoms with Crippen LogP contribution in [-0.2, 0) is 9.53 Å². The van der Waals surface area contributed by atoms with Gasteiger partial charge in [0.15, 0.2) is 0 Å². The zero-order valence-corrected chi connectivity index (χ0v) is 5.73. The molecule has 0 fully saturated rings. The SMILES string of the molecule is CNC(=O)C(F)C(F)OC. The highest BCUT2D eigenvalue weighted by Crippen LogP contribution is 2.03. The summed E-state index contributed by atoms with van der Waals surface area (Å²) in [7, 11) is 2.21. The molecule has 0 aromatic carbocycles. The lowest BCUT2D eigenvalue weighted by atomic mass is 10.4. The molecule has 0 saturated heterocycles. The first-order chi connectivity index (χ1) is 4.63. The number of alkyl halides is 2. The van der Waals surface area contributed by atoms with E-state index in [4.69, 9.17) is 0 Å². The minimum Gasteiger partial charge on any atom is -0.356 e. The monoisotopic (exact) mass is 153 g/mol. The van der Waals surface area contributed by atoms with Crippen LogP contribution in [0.1, 0.15) is 0 Å². The van der Waals surface area contributed by atoms with Gasteiger partial charge in [-0.2, -0.15) is 0 Å². The van der Waals surface area contributed by atoms with Crippen molar-refractivity contribution in [3.63, 3.8) is 0 Å². The summed E-state index contributed by atoms with van der Waals surface area (Å²) in [6.45, 7) is 0. The molecule has 0 aliphatic heterocycles. The van der Waals surface area contributed by atoms with Crippen LogP contribution in [-0.4, -0.2) is 32.6 Å². The summed E-state index contributed by atoms with van der Waals surface area (Å²) >= 11 is 0. The first-order valence-corrected chi connectivity index (χ1v) is 2.66. The lowest BCUT2D eigenvalue weighted by Crippen LogP contribution is -2.36. The van der Waals surface area contributed by atoms with Gasteiger partial charge in [0, 0.05) is 14.2 Å². The molecule has 0 aliphatic rings. The molecule has 60 valence electrons. The molecule has 1 N–H and O–H groups in total. The number of methoxy groups -OCH3 is 1. The van der Waals surface area contributed by atoms with E-state index in [1.165, 1.54) is 7.05 Å². The maximum atomic E-state index is 12.3. The van der Waals surface area contributed by atoms with Gasteiger partial charge in [0.1, 0.15) is 0 Å². The van der Waals surface area contributed by atoms with Crippen molar-refractivity contribution in [1.29, 1.82) is 0 Å². The van der Waals surface area contributed by atoms with Gasteiger partial charge in [0.05, 0.1) is 0 Å². The molecule has 10 heavy (non-hydrogen) atoms. The Morgan fingerprint density at radius 1 is 1.60 bits per heavy atom. The largest absolute Gasteiger partial charge is 0.356 e. The minimum atomic E-state index is -2.24. The van der Waals surface area contributed by atoms with E-state index in [9.17, 15) is 13.6 Å². The average molecular weight is 153 g/mol. The van der Waals surface area contributed by atoms with Gasteiger partial charge in [-0.1, -0.05) is 0 Å². The van der Waals surface area contributed by atoms with Crippen molar-refractivity contribution < 1.29 is 18.3 Å². The third-order valence-electron chi connectivity index (χ3n) is 0.952. The predicted octanol–water partition coefficient (Wildman–Crippen LogP) is 0.0125. The lowest BCUT2D eigenvalue weighted by Gasteiger charge is -2.09. The molecule has 2 unspecified atom stereocenters. The molecule has 0 rings (SSSR count). The Balaban J connectivity index is 3.81. The highest BCUT2D eigenvalue weighted by atomic mass is 19.2. The first-order valence-electron chi connectivity index (χ1n) is 2.66.